The lowest BCUT2D eigenvalue weighted by Crippen LogP contribution is -2.14. The summed E-state index contributed by atoms with van der Waals surface area (Å²) < 4.78 is 25.7. The molecule has 0 aliphatic carbocycles. The highest BCUT2D eigenvalue weighted by molar-refractivity contribution is 7.99. The molecule has 8 rings (SSSR count). The molecule has 0 radical (unpaired) electrons. The van der Waals surface area contributed by atoms with Gasteiger partial charge in [-0.2, -0.15) is 0 Å². The van der Waals surface area contributed by atoms with Crippen LogP contribution in [0.3, 0.4) is 0 Å². The third-order valence-corrected chi connectivity index (χ3v) is 11.6. The van der Waals surface area contributed by atoms with Gasteiger partial charge in [0.05, 0.1) is 62.3 Å². The van der Waals surface area contributed by atoms with Crippen molar-refractivity contribution in [2.45, 2.75) is 22.3 Å². The topological polar surface area (TPSA) is 162 Å². The van der Waals surface area contributed by atoms with Crippen LogP contribution in [0.25, 0.3) is 0 Å². The minimum Gasteiger partial charge on any atom is -0.493 e. The van der Waals surface area contributed by atoms with E-state index in [0.29, 0.717) is 34.1 Å². The number of nitrogens with one attached hydrogen (secondary N) is 2. The van der Waals surface area contributed by atoms with Gasteiger partial charge in [0.1, 0.15) is 10.7 Å². The van der Waals surface area contributed by atoms with Crippen LogP contribution in [-0.4, -0.2) is 64.8 Å². The molecule has 284 valence electrons. The van der Waals surface area contributed by atoms with Crippen LogP contribution in [0.15, 0.2) is 110 Å². The number of nitrogens with zero attached hydrogens (tertiary/aromatic N) is 4. The number of hydrogen-bond donors (Lipinski definition) is 2. The fourth-order valence-corrected chi connectivity index (χ4v) is 9.10. The van der Waals surface area contributed by atoms with Crippen molar-refractivity contribution < 1.29 is 34.0 Å². The zero-order chi connectivity index (χ0) is 37.6. The van der Waals surface area contributed by atoms with Crippen molar-refractivity contribution in [2.75, 3.05) is 39.1 Å². The minimum absolute atomic E-state index is 0. The van der Waals surface area contributed by atoms with Crippen LogP contribution in [-0.2, 0) is 11.5 Å². The average molecular weight is 781 g/mol. The van der Waals surface area contributed by atoms with Crippen LogP contribution in [0, 0.1) is 0 Å². The molecule has 2 aliphatic heterocycles. The first kappa shape index (κ1) is 38.8. The number of pyridine rings is 2. The van der Waals surface area contributed by atoms with Crippen LogP contribution < -0.4 is 29.6 Å². The van der Waals surface area contributed by atoms with Gasteiger partial charge in [-0.1, -0.05) is 24.3 Å². The van der Waals surface area contributed by atoms with Crippen molar-refractivity contribution in [1.29, 1.82) is 0 Å². The van der Waals surface area contributed by atoms with E-state index in [-0.39, 0.29) is 28.0 Å². The van der Waals surface area contributed by atoms with Crippen molar-refractivity contribution in [1.82, 2.24) is 19.1 Å². The highest BCUT2D eigenvalue weighted by Gasteiger charge is 2.29. The summed E-state index contributed by atoms with van der Waals surface area (Å²) >= 11 is 3.62. The van der Waals surface area contributed by atoms with Crippen molar-refractivity contribution >= 4 is 46.7 Å². The lowest BCUT2D eigenvalue weighted by molar-refractivity contribution is 0.101. The second-order valence-electron chi connectivity index (χ2n) is 12.1. The van der Waals surface area contributed by atoms with Crippen LogP contribution in [0.4, 0.5) is 11.4 Å². The van der Waals surface area contributed by atoms with Gasteiger partial charge in [0.2, 0.25) is 0 Å². The molecule has 2 amide bonds. The van der Waals surface area contributed by atoms with E-state index in [2.05, 4.69) is 41.9 Å². The van der Waals surface area contributed by atoms with Crippen LogP contribution in [0.1, 0.15) is 54.0 Å². The molecule has 0 saturated carbocycles. The zero-order valence-corrected chi connectivity index (χ0v) is 32.1. The van der Waals surface area contributed by atoms with Crippen molar-refractivity contribution in [3.63, 3.8) is 0 Å². The quantitative estimate of drug-likeness (QED) is 0.147. The largest absolute Gasteiger partial charge is 0.493 e. The third kappa shape index (κ3) is 7.85. The molecular weight excluding hydrogens is 741 g/mol. The molecule has 13 nitrogen and oxygen atoms in total. The second kappa shape index (κ2) is 17.5. The molecule has 2 aliphatic rings. The van der Waals surface area contributed by atoms with Gasteiger partial charge < -0.3 is 44.2 Å². The van der Waals surface area contributed by atoms with Gasteiger partial charge in [-0.05, 0) is 48.5 Å². The molecule has 6 heterocycles. The number of ether oxygens (including phenoxy) is 4. The molecule has 4 N–H and O–H groups in total. The van der Waals surface area contributed by atoms with Crippen molar-refractivity contribution in [3.8, 4) is 23.0 Å². The summed E-state index contributed by atoms with van der Waals surface area (Å²) in [6, 6.07) is 22.4. The Balaban J connectivity index is 0.000000184. The number of carbonyl (C=O) groups excluding carboxylic acids is 2. The van der Waals surface area contributed by atoms with Crippen molar-refractivity contribution in [2.24, 2.45) is 0 Å². The summed E-state index contributed by atoms with van der Waals surface area (Å²) in [6.45, 7) is 0. The van der Waals surface area contributed by atoms with Gasteiger partial charge in [0, 0.05) is 59.8 Å². The first-order valence-electron chi connectivity index (χ1n) is 16.9. The number of carbonyl (C=O) groups is 2. The van der Waals surface area contributed by atoms with Crippen LogP contribution in [0.5, 0.6) is 23.0 Å². The SMILES string of the molecule is COc1cccc(C(=O)Nc2ccn3c2CSC3c2cccnc2)c1OC.COc1cccc(C(=O)Nc2ccn3c2CSC3c2cccnc2)c1OC.O. The van der Waals surface area contributed by atoms with E-state index in [1.54, 1.807) is 63.0 Å². The summed E-state index contributed by atoms with van der Waals surface area (Å²) in [5.41, 5.74) is 6.95. The Labute approximate surface area is 326 Å². The Bertz CT molecular complexity index is 2110. The lowest BCUT2D eigenvalue weighted by Gasteiger charge is -2.13. The fourth-order valence-electron chi connectivity index (χ4n) is 6.48. The van der Waals surface area contributed by atoms with Gasteiger partial charge in [0.15, 0.2) is 23.0 Å². The normalized spacial score (nSPS) is 15.0. The first-order valence-corrected chi connectivity index (χ1v) is 19.0. The number of aromatic nitrogens is 4. The lowest BCUT2D eigenvalue weighted by atomic mass is 10.1. The van der Waals surface area contributed by atoms with E-state index in [9.17, 15) is 9.59 Å². The summed E-state index contributed by atoms with van der Waals surface area (Å²) in [4.78, 5) is 34.1. The van der Waals surface area contributed by atoms with Gasteiger partial charge in [0.25, 0.3) is 11.8 Å². The van der Waals surface area contributed by atoms with Gasteiger partial charge in [-0.3, -0.25) is 19.6 Å². The number of amides is 2. The maximum Gasteiger partial charge on any atom is 0.259 e. The molecule has 55 heavy (non-hydrogen) atoms. The Morgan fingerprint density at radius 2 is 1.05 bits per heavy atom. The predicted octanol–water partition coefficient (Wildman–Crippen LogP) is 7.07. The molecule has 6 aromatic rings. The number of methoxy groups -OCH3 is 4. The summed E-state index contributed by atoms with van der Waals surface area (Å²) in [6.07, 6.45) is 11.3. The summed E-state index contributed by atoms with van der Waals surface area (Å²) in [5.74, 6) is 3.09. The summed E-state index contributed by atoms with van der Waals surface area (Å²) in [7, 11) is 6.16. The second-order valence-corrected chi connectivity index (χ2v) is 14.2. The fraction of sp³-hybridized carbons (Fsp3) is 0.200. The molecule has 4 aromatic heterocycles. The molecule has 0 saturated heterocycles. The highest BCUT2D eigenvalue weighted by atomic mass is 32.2. The Kier molecular flexibility index (Phi) is 12.3. The molecule has 0 bridgehead atoms. The van der Waals surface area contributed by atoms with E-state index in [4.69, 9.17) is 18.9 Å². The number of thioether (sulfide) groups is 2. The monoisotopic (exact) mass is 780 g/mol. The number of rotatable bonds is 10. The van der Waals surface area contributed by atoms with E-state index in [1.807, 2.05) is 72.6 Å². The minimum atomic E-state index is -0.227. The number of hydrogen-bond acceptors (Lipinski definition) is 10. The predicted molar refractivity (Wildman–Crippen MR) is 215 cm³/mol. The van der Waals surface area contributed by atoms with E-state index < -0.39 is 0 Å². The van der Waals surface area contributed by atoms with Crippen LogP contribution >= 0.6 is 23.5 Å². The molecule has 15 heteroatoms. The highest BCUT2D eigenvalue weighted by Crippen LogP contribution is 2.45. The molecular formula is C40H40N6O7S2. The van der Waals surface area contributed by atoms with E-state index >= 15 is 0 Å². The Hall–Kier alpha value is -5.90. The zero-order valence-electron chi connectivity index (χ0n) is 30.5. The van der Waals surface area contributed by atoms with Crippen LogP contribution in [0.2, 0.25) is 0 Å². The van der Waals surface area contributed by atoms with E-state index in [1.165, 1.54) is 14.2 Å². The molecule has 2 atom stereocenters. The number of para-hydroxylation sites is 2. The van der Waals surface area contributed by atoms with Gasteiger partial charge in [-0.25, -0.2) is 0 Å². The molecule has 2 aromatic carbocycles. The standard InChI is InChI=1S/2C20H19N3O3S.H2O/c2*1-25-17-7-3-6-14(18(17)26-2)19(24)22-15-8-10-23-16(15)12-27-20(23)13-5-4-9-21-11-13;/h2*3-11,20H,12H2,1-2H3,(H,22,24);1H2. The maximum absolute atomic E-state index is 12.8. The Morgan fingerprint density at radius 1 is 0.618 bits per heavy atom. The number of benzene rings is 2. The average Bonchev–Trinajstić information content (AvgIpc) is 4.02. The maximum atomic E-state index is 12.8. The number of fused-ring (bicyclic) bond motifs is 2. The molecule has 0 fully saturated rings. The van der Waals surface area contributed by atoms with E-state index in [0.717, 1.165) is 45.4 Å². The molecule has 0 spiro atoms. The van der Waals surface area contributed by atoms with Gasteiger partial charge >= 0.3 is 0 Å². The first-order chi connectivity index (χ1) is 26.4. The Morgan fingerprint density at radius 3 is 1.42 bits per heavy atom. The van der Waals surface area contributed by atoms with Crippen molar-refractivity contribution in [3.05, 3.63) is 144 Å². The molecule has 2 unspecified atom stereocenters. The summed E-state index contributed by atoms with van der Waals surface area (Å²) in [5, 5.41) is 6.37. The smallest absolute Gasteiger partial charge is 0.259 e. The number of anilines is 2. The third-order valence-electron chi connectivity index (χ3n) is 9.04. The van der Waals surface area contributed by atoms with Gasteiger partial charge in [-0.15, -0.1) is 23.5 Å².